The van der Waals surface area contributed by atoms with Crippen LogP contribution >= 0.6 is 12.2 Å². The fraction of sp³-hybridized carbons (Fsp3) is 0.857. The summed E-state index contributed by atoms with van der Waals surface area (Å²) in [5.74, 6) is 10.2. The van der Waals surface area contributed by atoms with Crippen LogP contribution in [0.4, 0.5) is 0 Å². The topological polar surface area (TPSA) is 79.3 Å². The second kappa shape index (κ2) is 11.6. The van der Waals surface area contributed by atoms with E-state index in [0.717, 1.165) is 19.6 Å². The van der Waals surface area contributed by atoms with Gasteiger partial charge in [-0.05, 0) is 26.1 Å². The van der Waals surface area contributed by atoms with Crippen molar-refractivity contribution in [2.75, 3.05) is 19.6 Å². The lowest BCUT2D eigenvalue weighted by atomic mass is 10.7. The van der Waals surface area contributed by atoms with Crippen LogP contribution in [0.15, 0.2) is 0 Å². The second-order valence-corrected chi connectivity index (χ2v) is 2.57. The molecule has 6 N–H and O–H groups in total. The van der Waals surface area contributed by atoms with Crippen LogP contribution < -0.4 is 22.4 Å². The van der Waals surface area contributed by atoms with Crippen molar-refractivity contribution in [3.05, 3.63) is 0 Å². The van der Waals surface area contributed by atoms with Crippen molar-refractivity contribution < 1.29 is 0 Å². The summed E-state index contributed by atoms with van der Waals surface area (Å²) in [5, 5.41) is 5.04. The van der Waals surface area contributed by atoms with Gasteiger partial charge in [-0.3, -0.25) is 16.3 Å². The Morgan fingerprint density at radius 2 is 1.77 bits per heavy atom. The molecular formula is C7H21N5S. The monoisotopic (exact) mass is 207 g/mol. The first kappa shape index (κ1) is 15.1. The highest BCUT2D eigenvalue weighted by Gasteiger charge is 1.96. The summed E-state index contributed by atoms with van der Waals surface area (Å²) >= 11 is 4.86. The summed E-state index contributed by atoms with van der Waals surface area (Å²) in [7, 11) is 0. The van der Waals surface area contributed by atoms with Gasteiger partial charge >= 0.3 is 0 Å². The van der Waals surface area contributed by atoms with E-state index in [4.69, 9.17) is 23.9 Å². The summed E-state index contributed by atoms with van der Waals surface area (Å²) in [6.45, 7) is 8.29. The van der Waals surface area contributed by atoms with Gasteiger partial charge in [-0.1, -0.05) is 6.92 Å². The Kier molecular flexibility index (Phi) is 13.4. The maximum Gasteiger partial charge on any atom is 0.183 e. The van der Waals surface area contributed by atoms with Crippen molar-refractivity contribution in [2.24, 2.45) is 11.7 Å². The molecule has 0 radical (unpaired) electrons. The van der Waals surface area contributed by atoms with Crippen molar-refractivity contribution in [3.63, 3.8) is 0 Å². The lowest BCUT2D eigenvalue weighted by Crippen LogP contribution is -2.43. The molecule has 13 heavy (non-hydrogen) atoms. The summed E-state index contributed by atoms with van der Waals surface area (Å²) in [6.07, 6.45) is 0. The minimum Gasteiger partial charge on any atom is -0.362 e. The second-order valence-electron chi connectivity index (χ2n) is 2.18. The molecular weight excluding hydrogens is 186 g/mol. The van der Waals surface area contributed by atoms with Crippen LogP contribution in [0.1, 0.15) is 20.8 Å². The Bertz CT molecular complexity index is 117. The van der Waals surface area contributed by atoms with Crippen LogP contribution in [0, 0.1) is 0 Å². The van der Waals surface area contributed by atoms with Crippen LogP contribution in [-0.4, -0.2) is 29.8 Å². The van der Waals surface area contributed by atoms with Crippen LogP contribution in [-0.2, 0) is 0 Å². The van der Waals surface area contributed by atoms with Gasteiger partial charge in [0.1, 0.15) is 0 Å². The van der Waals surface area contributed by atoms with E-state index >= 15 is 0 Å². The maximum atomic E-state index is 5.43. The molecule has 0 saturated carbocycles. The summed E-state index contributed by atoms with van der Waals surface area (Å²) in [6, 6.07) is 0. The normalized spacial score (nSPS) is 8.38. The zero-order valence-electron chi connectivity index (χ0n) is 8.63. The van der Waals surface area contributed by atoms with Crippen LogP contribution in [0.5, 0.6) is 0 Å². The molecule has 0 atom stereocenters. The first-order chi connectivity index (χ1) is 6.13. The third-order valence-electron chi connectivity index (χ3n) is 1.13. The zero-order valence-corrected chi connectivity index (χ0v) is 9.45. The number of thiocarbonyl (C=S) groups is 1. The highest BCUT2D eigenvalue weighted by Crippen LogP contribution is 1.77. The fourth-order valence-corrected chi connectivity index (χ4v) is 0.670. The molecule has 6 heteroatoms. The van der Waals surface area contributed by atoms with Gasteiger partial charge in [0.15, 0.2) is 5.11 Å². The van der Waals surface area contributed by atoms with Crippen LogP contribution in [0.2, 0.25) is 0 Å². The number of nitrogens with zero attached hydrogens (tertiary/aromatic N) is 1. The molecule has 5 nitrogen and oxygen atoms in total. The molecule has 0 rings (SSSR count). The van der Waals surface area contributed by atoms with Crippen molar-refractivity contribution in [1.82, 2.24) is 15.8 Å². The molecule has 0 aromatic rings. The Balaban J connectivity index is 0. The highest BCUT2D eigenvalue weighted by molar-refractivity contribution is 7.80. The molecule has 0 amide bonds. The van der Waals surface area contributed by atoms with E-state index in [0.29, 0.717) is 5.11 Å². The van der Waals surface area contributed by atoms with Gasteiger partial charge in [-0.2, -0.15) is 0 Å². The standard InChI is InChI=1S/C5H13N3S.C2H8N2/c1-3-7-5(9)8(6)4-2;1-2-4-3/h3-4,6H2,1-2H3,(H,7,9);4H,2-3H2,1H3. The number of hydrogen-bond acceptors (Lipinski definition) is 4. The number of nitrogens with two attached hydrogens (primary N) is 2. The third kappa shape index (κ3) is 11.6. The molecule has 0 saturated heterocycles. The predicted octanol–water partition coefficient (Wildman–Crippen LogP) is -0.454. The first-order valence-electron chi connectivity index (χ1n) is 4.37. The molecule has 0 bridgehead atoms. The van der Waals surface area contributed by atoms with Crippen molar-refractivity contribution in [3.8, 4) is 0 Å². The van der Waals surface area contributed by atoms with Gasteiger partial charge in [0.05, 0.1) is 0 Å². The number of hydrogen-bond donors (Lipinski definition) is 4. The summed E-state index contributed by atoms with van der Waals surface area (Å²) < 4.78 is 0. The van der Waals surface area contributed by atoms with E-state index in [9.17, 15) is 0 Å². The van der Waals surface area contributed by atoms with E-state index in [1.54, 1.807) is 0 Å². The molecule has 0 spiro atoms. The van der Waals surface area contributed by atoms with Gasteiger partial charge in [-0.25, -0.2) is 5.84 Å². The zero-order chi connectivity index (χ0) is 10.7. The van der Waals surface area contributed by atoms with Crippen molar-refractivity contribution in [1.29, 1.82) is 0 Å². The molecule has 0 heterocycles. The predicted molar refractivity (Wildman–Crippen MR) is 60.7 cm³/mol. The van der Waals surface area contributed by atoms with Crippen molar-refractivity contribution in [2.45, 2.75) is 20.8 Å². The van der Waals surface area contributed by atoms with Gasteiger partial charge in [-0.15, -0.1) is 0 Å². The molecule has 0 aliphatic rings. The average Bonchev–Trinajstić information content (AvgIpc) is 2.17. The van der Waals surface area contributed by atoms with E-state index in [1.807, 2.05) is 20.8 Å². The fourth-order valence-electron chi connectivity index (χ4n) is 0.396. The largest absolute Gasteiger partial charge is 0.362 e. The highest BCUT2D eigenvalue weighted by atomic mass is 32.1. The van der Waals surface area contributed by atoms with Crippen LogP contribution in [0.3, 0.4) is 0 Å². The van der Waals surface area contributed by atoms with Gasteiger partial charge < -0.3 is 5.32 Å². The first-order valence-corrected chi connectivity index (χ1v) is 4.78. The van der Waals surface area contributed by atoms with E-state index < -0.39 is 0 Å². The number of rotatable bonds is 3. The number of hydrazine groups is 2. The third-order valence-corrected chi connectivity index (χ3v) is 1.51. The Morgan fingerprint density at radius 3 is 2.00 bits per heavy atom. The molecule has 0 unspecified atom stereocenters. The van der Waals surface area contributed by atoms with E-state index in [1.165, 1.54) is 5.01 Å². The Morgan fingerprint density at radius 1 is 1.31 bits per heavy atom. The van der Waals surface area contributed by atoms with E-state index in [-0.39, 0.29) is 0 Å². The molecule has 0 fully saturated rings. The molecule has 0 aromatic heterocycles. The Labute approximate surface area is 85.8 Å². The summed E-state index contributed by atoms with van der Waals surface area (Å²) in [4.78, 5) is 0. The Hall–Kier alpha value is -0.430. The number of nitrogens with one attached hydrogen (secondary N) is 2. The lowest BCUT2D eigenvalue weighted by molar-refractivity contribution is 0.457. The SMILES string of the molecule is CCNC(=S)N(N)CC.CCNN. The van der Waals surface area contributed by atoms with Gasteiger partial charge in [0.25, 0.3) is 0 Å². The quantitative estimate of drug-likeness (QED) is 0.285. The minimum atomic E-state index is 0.611. The molecule has 0 aliphatic heterocycles. The molecule has 0 aromatic carbocycles. The minimum absolute atomic E-state index is 0.611. The lowest BCUT2D eigenvalue weighted by Gasteiger charge is -2.16. The van der Waals surface area contributed by atoms with Crippen LogP contribution in [0.25, 0.3) is 0 Å². The van der Waals surface area contributed by atoms with Crippen molar-refractivity contribution >= 4 is 17.3 Å². The maximum absolute atomic E-state index is 5.43. The molecule has 0 aliphatic carbocycles. The van der Waals surface area contributed by atoms with Gasteiger partial charge in [0.2, 0.25) is 0 Å². The summed E-state index contributed by atoms with van der Waals surface area (Å²) in [5.41, 5.74) is 2.43. The van der Waals surface area contributed by atoms with E-state index in [2.05, 4.69) is 10.7 Å². The smallest absolute Gasteiger partial charge is 0.183 e. The average molecular weight is 207 g/mol. The molecule has 80 valence electrons. The van der Waals surface area contributed by atoms with Gasteiger partial charge in [0, 0.05) is 19.6 Å².